The molecule has 0 aliphatic carbocycles. The minimum atomic E-state index is 0.703. The lowest BCUT2D eigenvalue weighted by atomic mass is 10.1. The van der Waals surface area contributed by atoms with Crippen LogP contribution >= 0.6 is 11.6 Å². The third-order valence-corrected chi connectivity index (χ3v) is 6.22. The fraction of sp³-hybridized carbons (Fsp3) is 0. The van der Waals surface area contributed by atoms with Crippen molar-refractivity contribution >= 4 is 50.5 Å². The van der Waals surface area contributed by atoms with E-state index in [1.54, 1.807) is 0 Å². The predicted octanol–water partition coefficient (Wildman–Crippen LogP) is 8.91. The summed E-state index contributed by atoms with van der Waals surface area (Å²) in [6.07, 6.45) is 0. The highest BCUT2D eigenvalue weighted by Crippen LogP contribution is 2.44. The third kappa shape index (κ3) is 3.36. The fourth-order valence-corrected chi connectivity index (χ4v) is 4.86. The molecule has 33 heavy (non-hydrogen) atoms. The molecule has 1 heterocycles. The molecular formula is C30H21ClN2. The molecule has 1 aromatic heterocycles. The standard InChI is InChI=1S/C30H21ClN2/c31-22-20-28(32(23-12-4-1-5-13-23)24-14-6-2-7-15-24)30-26-18-10-11-19-27(26)33(29(30)21-22)25-16-8-3-9-17-25/h1-21H. The Hall–Kier alpha value is -4.01. The largest absolute Gasteiger partial charge is 0.310 e. The molecule has 0 saturated heterocycles. The maximum atomic E-state index is 6.79. The normalized spacial score (nSPS) is 11.2. The smallest absolute Gasteiger partial charge is 0.0577 e. The maximum Gasteiger partial charge on any atom is 0.0577 e. The Labute approximate surface area is 197 Å². The van der Waals surface area contributed by atoms with Crippen molar-refractivity contribution in [1.82, 2.24) is 4.57 Å². The second-order valence-corrected chi connectivity index (χ2v) is 8.45. The predicted molar refractivity (Wildman–Crippen MR) is 140 cm³/mol. The van der Waals surface area contributed by atoms with Gasteiger partial charge in [-0.2, -0.15) is 0 Å². The van der Waals surface area contributed by atoms with Gasteiger partial charge < -0.3 is 9.47 Å². The van der Waals surface area contributed by atoms with Crippen LogP contribution in [-0.4, -0.2) is 4.57 Å². The summed E-state index contributed by atoms with van der Waals surface area (Å²) in [6.45, 7) is 0. The van der Waals surface area contributed by atoms with Crippen LogP contribution in [0.15, 0.2) is 127 Å². The van der Waals surface area contributed by atoms with Crippen LogP contribution in [0.1, 0.15) is 0 Å². The number of nitrogens with zero attached hydrogens (tertiary/aromatic N) is 2. The summed E-state index contributed by atoms with van der Waals surface area (Å²) in [5.41, 5.74) is 6.58. The average molecular weight is 445 g/mol. The van der Waals surface area contributed by atoms with E-state index in [9.17, 15) is 0 Å². The minimum absolute atomic E-state index is 0.703. The molecule has 0 aliphatic heterocycles. The van der Waals surface area contributed by atoms with Crippen LogP contribution in [0.5, 0.6) is 0 Å². The van der Waals surface area contributed by atoms with Crippen molar-refractivity contribution in [3.05, 3.63) is 132 Å². The summed E-state index contributed by atoms with van der Waals surface area (Å²) >= 11 is 6.79. The molecule has 0 fully saturated rings. The molecule has 3 heteroatoms. The number of benzene rings is 5. The molecule has 2 nitrogen and oxygen atoms in total. The van der Waals surface area contributed by atoms with Crippen LogP contribution in [0.2, 0.25) is 5.02 Å². The summed E-state index contributed by atoms with van der Waals surface area (Å²) in [5, 5.41) is 3.07. The first kappa shape index (κ1) is 19.7. The van der Waals surface area contributed by atoms with Crippen molar-refractivity contribution < 1.29 is 0 Å². The number of hydrogen-bond acceptors (Lipinski definition) is 1. The number of aromatic nitrogens is 1. The average Bonchev–Trinajstić information content (AvgIpc) is 3.20. The lowest BCUT2D eigenvalue weighted by molar-refractivity contribution is 1.18. The monoisotopic (exact) mass is 444 g/mol. The Morgan fingerprint density at radius 3 is 1.73 bits per heavy atom. The van der Waals surface area contributed by atoms with Crippen LogP contribution in [0, 0.1) is 0 Å². The highest BCUT2D eigenvalue weighted by molar-refractivity contribution is 6.33. The topological polar surface area (TPSA) is 8.17 Å². The first-order chi connectivity index (χ1) is 16.3. The molecule has 158 valence electrons. The summed E-state index contributed by atoms with van der Waals surface area (Å²) in [4.78, 5) is 2.29. The molecule has 0 saturated carbocycles. The Kier molecular flexibility index (Phi) is 4.86. The molecular weight excluding hydrogens is 424 g/mol. The van der Waals surface area contributed by atoms with E-state index in [0.717, 1.165) is 33.8 Å². The molecule has 5 aromatic carbocycles. The zero-order chi connectivity index (χ0) is 22.2. The molecule has 0 unspecified atom stereocenters. The molecule has 0 spiro atoms. The van der Waals surface area contributed by atoms with Gasteiger partial charge in [0.1, 0.15) is 0 Å². The van der Waals surface area contributed by atoms with Gasteiger partial charge in [0.15, 0.2) is 0 Å². The Morgan fingerprint density at radius 1 is 0.545 bits per heavy atom. The Balaban J connectivity index is 1.75. The molecule has 0 N–H and O–H groups in total. The molecule has 0 bridgehead atoms. The van der Waals surface area contributed by atoms with Gasteiger partial charge in [-0.05, 0) is 54.6 Å². The van der Waals surface area contributed by atoms with Crippen molar-refractivity contribution in [3.63, 3.8) is 0 Å². The number of para-hydroxylation sites is 4. The Bertz CT molecular complexity index is 1520. The molecule has 0 atom stereocenters. The molecule has 6 aromatic rings. The van der Waals surface area contributed by atoms with Crippen LogP contribution < -0.4 is 4.90 Å². The van der Waals surface area contributed by atoms with E-state index in [1.165, 1.54) is 10.8 Å². The van der Waals surface area contributed by atoms with Gasteiger partial charge >= 0.3 is 0 Å². The fourth-order valence-electron chi connectivity index (χ4n) is 4.65. The van der Waals surface area contributed by atoms with Gasteiger partial charge in [0.05, 0.1) is 16.7 Å². The van der Waals surface area contributed by atoms with E-state index in [-0.39, 0.29) is 0 Å². The number of anilines is 3. The lowest BCUT2D eigenvalue weighted by Gasteiger charge is -2.26. The first-order valence-corrected chi connectivity index (χ1v) is 11.4. The van der Waals surface area contributed by atoms with Crippen LogP contribution in [0.3, 0.4) is 0 Å². The summed E-state index contributed by atoms with van der Waals surface area (Å²) < 4.78 is 2.30. The highest BCUT2D eigenvalue weighted by atomic mass is 35.5. The molecule has 0 amide bonds. The van der Waals surface area contributed by atoms with E-state index in [4.69, 9.17) is 11.6 Å². The molecule has 0 aliphatic rings. The van der Waals surface area contributed by atoms with Crippen LogP contribution in [0.25, 0.3) is 27.5 Å². The van der Waals surface area contributed by atoms with E-state index in [2.05, 4.69) is 119 Å². The van der Waals surface area contributed by atoms with Gasteiger partial charge in [-0.1, -0.05) is 84.4 Å². The molecule has 6 rings (SSSR count). The minimum Gasteiger partial charge on any atom is -0.310 e. The molecule has 0 radical (unpaired) electrons. The second kappa shape index (κ2) is 8.16. The van der Waals surface area contributed by atoms with E-state index < -0.39 is 0 Å². The quantitative estimate of drug-likeness (QED) is 0.263. The third-order valence-electron chi connectivity index (χ3n) is 6.00. The summed E-state index contributed by atoms with van der Waals surface area (Å²) in [7, 11) is 0. The zero-order valence-corrected chi connectivity index (χ0v) is 18.7. The van der Waals surface area contributed by atoms with Gasteiger partial charge in [-0.3, -0.25) is 0 Å². The second-order valence-electron chi connectivity index (χ2n) is 8.01. The van der Waals surface area contributed by atoms with Crippen molar-refractivity contribution in [2.24, 2.45) is 0 Å². The van der Waals surface area contributed by atoms with Crippen molar-refractivity contribution in [2.45, 2.75) is 0 Å². The lowest BCUT2D eigenvalue weighted by Crippen LogP contribution is -2.10. The highest BCUT2D eigenvalue weighted by Gasteiger charge is 2.21. The van der Waals surface area contributed by atoms with Gasteiger partial charge in [-0.15, -0.1) is 0 Å². The van der Waals surface area contributed by atoms with Gasteiger partial charge in [0.25, 0.3) is 0 Å². The first-order valence-electron chi connectivity index (χ1n) is 11.0. The zero-order valence-electron chi connectivity index (χ0n) is 17.9. The number of fused-ring (bicyclic) bond motifs is 3. The van der Waals surface area contributed by atoms with Crippen molar-refractivity contribution in [2.75, 3.05) is 4.90 Å². The van der Waals surface area contributed by atoms with Crippen molar-refractivity contribution in [1.29, 1.82) is 0 Å². The number of halogens is 1. The Morgan fingerprint density at radius 2 is 1.09 bits per heavy atom. The van der Waals surface area contributed by atoms with Gasteiger partial charge in [-0.25, -0.2) is 0 Å². The van der Waals surface area contributed by atoms with Gasteiger partial charge in [0.2, 0.25) is 0 Å². The van der Waals surface area contributed by atoms with E-state index in [1.807, 2.05) is 18.2 Å². The van der Waals surface area contributed by atoms with Crippen LogP contribution in [-0.2, 0) is 0 Å². The van der Waals surface area contributed by atoms with Crippen molar-refractivity contribution in [3.8, 4) is 5.69 Å². The number of rotatable bonds is 4. The van der Waals surface area contributed by atoms with E-state index >= 15 is 0 Å². The SMILES string of the molecule is Clc1cc(N(c2ccccc2)c2ccccc2)c2c3ccccc3n(-c3ccccc3)c2c1. The van der Waals surface area contributed by atoms with E-state index in [0.29, 0.717) is 5.02 Å². The summed E-state index contributed by atoms with van der Waals surface area (Å²) in [6, 6.07) is 44.1. The maximum absolute atomic E-state index is 6.79. The summed E-state index contributed by atoms with van der Waals surface area (Å²) in [5.74, 6) is 0. The van der Waals surface area contributed by atoms with Crippen LogP contribution in [0.4, 0.5) is 17.1 Å². The van der Waals surface area contributed by atoms with Gasteiger partial charge in [0, 0.05) is 32.9 Å². The number of hydrogen-bond donors (Lipinski definition) is 0.